The second-order valence-electron chi connectivity index (χ2n) is 9.53. The first-order valence-corrected chi connectivity index (χ1v) is 11.3. The quantitative estimate of drug-likeness (QED) is 0.375. The van der Waals surface area contributed by atoms with Crippen molar-refractivity contribution in [2.45, 2.75) is 65.8 Å². The number of unbranched alkanes of at least 4 members (excludes halogenated alkanes) is 1. The molecule has 1 aromatic carbocycles. The van der Waals surface area contributed by atoms with Gasteiger partial charge in [0.25, 0.3) is 0 Å². The van der Waals surface area contributed by atoms with E-state index < -0.39 is 0 Å². The second-order valence-corrected chi connectivity index (χ2v) is 9.53. The van der Waals surface area contributed by atoms with Crippen molar-refractivity contribution in [1.82, 2.24) is 19.1 Å². The molecule has 0 unspecified atom stereocenters. The van der Waals surface area contributed by atoms with Crippen molar-refractivity contribution in [3.05, 3.63) is 77.0 Å². The van der Waals surface area contributed by atoms with E-state index in [-0.39, 0.29) is 5.41 Å². The minimum atomic E-state index is -0.000704. The average Bonchev–Trinajstić information content (AvgIpc) is 3.36. The van der Waals surface area contributed by atoms with Gasteiger partial charge in [0.2, 0.25) is 0 Å². The van der Waals surface area contributed by atoms with Gasteiger partial charge in [-0.05, 0) is 59.7 Å². The topological polar surface area (TPSA) is 59.4 Å². The molecular weight excluding hydrogens is 394 g/mol. The highest BCUT2D eigenvalue weighted by atomic mass is 15.1. The molecule has 0 spiro atoms. The number of benzene rings is 1. The number of hydrogen-bond donors (Lipinski definition) is 0. The van der Waals surface area contributed by atoms with Gasteiger partial charge in [-0.15, -0.1) is 0 Å². The van der Waals surface area contributed by atoms with E-state index in [1.165, 1.54) is 5.56 Å². The first-order chi connectivity index (χ1) is 15.3. The summed E-state index contributed by atoms with van der Waals surface area (Å²) in [5.74, 6) is 1.10. The van der Waals surface area contributed by atoms with E-state index in [0.29, 0.717) is 5.69 Å². The number of aromatic nitrogens is 4. The number of hydrogen-bond acceptors (Lipinski definition) is 3. The molecule has 0 aliphatic heterocycles. The fourth-order valence-corrected chi connectivity index (χ4v) is 3.99. The summed E-state index contributed by atoms with van der Waals surface area (Å²) in [6, 6.07) is 14.8. The molecule has 0 saturated carbocycles. The van der Waals surface area contributed by atoms with Crippen LogP contribution >= 0.6 is 0 Å². The maximum absolute atomic E-state index is 9.62. The number of aryl methyl sites for hydroxylation is 2. The largest absolute Gasteiger partial charge is 0.308 e. The van der Waals surface area contributed by atoms with Gasteiger partial charge in [-0.2, -0.15) is 5.26 Å². The van der Waals surface area contributed by atoms with Gasteiger partial charge in [0.1, 0.15) is 23.1 Å². The van der Waals surface area contributed by atoms with Gasteiger partial charge in [0.05, 0.1) is 6.54 Å². The summed E-state index contributed by atoms with van der Waals surface area (Å²) in [7, 11) is 0. The van der Waals surface area contributed by atoms with Crippen molar-refractivity contribution in [3.8, 4) is 11.8 Å². The minimum Gasteiger partial charge on any atom is -0.308 e. The molecule has 0 saturated heterocycles. The van der Waals surface area contributed by atoms with Gasteiger partial charge in [0, 0.05) is 24.5 Å². The van der Waals surface area contributed by atoms with E-state index in [1.807, 2.05) is 22.9 Å². The predicted molar refractivity (Wildman–Crippen MR) is 129 cm³/mol. The summed E-state index contributed by atoms with van der Waals surface area (Å²) in [6.45, 7) is 11.5. The Morgan fingerprint density at radius 1 is 1.09 bits per heavy atom. The third kappa shape index (κ3) is 4.18. The predicted octanol–water partition coefficient (Wildman–Crippen LogP) is 6.09. The molecule has 0 atom stereocenters. The highest BCUT2D eigenvalue weighted by molar-refractivity contribution is 5.75. The Morgan fingerprint density at radius 3 is 2.50 bits per heavy atom. The van der Waals surface area contributed by atoms with Crippen molar-refractivity contribution in [1.29, 1.82) is 5.26 Å². The lowest BCUT2D eigenvalue weighted by atomic mass is 9.89. The molecule has 4 aromatic rings. The molecule has 5 heteroatoms. The zero-order chi connectivity index (χ0) is 22.9. The lowest BCUT2D eigenvalue weighted by molar-refractivity contribution is 0.590. The molecule has 32 heavy (non-hydrogen) atoms. The van der Waals surface area contributed by atoms with Crippen LogP contribution in [-0.4, -0.2) is 19.1 Å². The molecule has 4 rings (SSSR count). The highest BCUT2D eigenvalue weighted by Crippen LogP contribution is 2.27. The lowest BCUT2D eigenvalue weighted by Gasteiger charge is -2.16. The fourth-order valence-electron chi connectivity index (χ4n) is 3.99. The van der Waals surface area contributed by atoms with Crippen molar-refractivity contribution in [2.75, 3.05) is 0 Å². The van der Waals surface area contributed by atoms with Crippen LogP contribution in [0.15, 0.2) is 48.8 Å². The first-order valence-electron chi connectivity index (χ1n) is 11.3. The van der Waals surface area contributed by atoms with Gasteiger partial charge in [0.15, 0.2) is 5.65 Å². The van der Waals surface area contributed by atoms with Crippen LogP contribution in [0.5, 0.6) is 0 Å². The van der Waals surface area contributed by atoms with Crippen LogP contribution in [0.2, 0.25) is 0 Å². The van der Waals surface area contributed by atoms with Crippen LogP contribution in [0.3, 0.4) is 0 Å². The summed E-state index contributed by atoms with van der Waals surface area (Å²) >= 11 is 0. The molecule has 0 aliphatic carbocycles. The summed E-state index contributed by atoms with van der Waals surface area (Å²) in [4.78, 5) is 9.56. The molecule has 0 radical (unpaired) electrons. The highest BCUT2D eigenvalue weighted by Gasteiger charge is 2.19. The monoisotopic (exact) mass is 425 g/mol. The van der Waals surface area contributed by atoms with Gasteiger partial charge in [-0.25, -0.2) is 9.97 Å². The number of nitrogens with zero attached hydrogens (tertiary/aromatic N) is 5. The molecule has 0 fully saturated rings. The molecule has 3 aromatic heterocycles. The number of imidazole rings is 1. The van der Waals surface area contributed by atoms with E-state index in [2.05, 4.69) is 80.7 Å². The standard InChI is InChI=1S/C27H31N5/c1-6-7-8-24-30-25-19(2)13-14-29-26(25)32(24)17-20-9-11-22(12-10-20)31-18-21(27(3,4)5)15-23(31)16-28/h9-15,18H,6-8,17H2,1-5H3. The third-order valence-corrected chi connectivity index (χ3v) is 6.02. The van der Waals surface area contributed by atoms with E-state index in [9.17, 15) is 5.26 Å². The molecular formula is C27H31N5. The van der Waals surface area contributed by atoms with Crippen LogP contribution in [0, 0.1) is 18.3 Å². The van der Waals surface area contributed by atoms with E-state index in [4.69, 9.17) is 4.98 Å². The van der Waals surface area contributed by atoms with E-state index in [1.54, 1.807) is 0 Å². The Balaban J connectivity index is 1.67. The molecule has 164 valence electrons. The van der Waals surface area contributed by atoms with Gasteiger partial charge < -0.3 is 9.13 Å². The van der Waals surface area contributed by atoms with Crippen LogP contribution < -0.4 is 0 Å². The van der Waals surface area contributed by atoms with Crippen LogP contribution in [0.4, 0.5) is 0 Å². The zero-order valence-corrected chi connectivity index (χ0v) is 19.7. The van der Waals surface area contributed by atoms with Crippen molar-refractivity contribution < 1.29 is 0 Å². The van der Waals surface area contributed by atoms with Crippen LogP contribution in [0.1, 0.15) is 68.7 Å². The zero-order valence-electron chi connectivity index (χ0n) is 19.7. The Labute approximate surface area is 190 Å². The van der Waals surface area contributed by atoms with Crippen LogP contribution in [0.25, 0.3) is 16.9 Å². The maximum atomic E-state index is 9.62. The first kappa shape index (κ1) is 21.8. The molecule has 0 bridgehead atoms. The lowest BCUT2D eigenvalue weighted by Crippen LogP contribution is -2.09. The van der Waals surface area contributed by atoms with E-state index >= 15 is 0 Å². The number of rotatable bonds is 6. The average molecular weight is 426 g/mol. The molecule has 0 N–H and O–H groups in total. The van der Waals surface area contributed by atoms with Gasteiger partial charge >= 0.3 is 0 Å². The summed E-state index contributed by atoms with van der Waals surface area (Å²) in [5.41, 5.74) is 7.11. The van der Waals surface area contributed by atoms with Crippen LogP contribution in [-0.2, 0) is 18.4 Å². The van der Waals surface area contributed by atoms with Crippen molar-refractivity contribution >= 4 is 11.2 Å². The summed E-state index contributed by atoms with van der Waals surface area (Å²) < 4.78 is 4.23. The van der Waals surface area contributed by atoms with Gasteiger partial charge in [-0.1, -0.05) is 46.2 Å². The third-order valence-electron chi connectivity index (χ3n) is 6.02. The SMILES string of the molecule is CCCCc1nc2c(C)ccnc2n1Cc1ccc(-n2cc(C(C)(C)C)cc2C#N)cc1. The van der Waals surface area contributed by atoms with E-state index in [0.717, 1.165) is 59.6 Å². The summed E-state index contributed by atoms with van der Waals surface area (Å²) in [6.07, 6.45) is 7.15. The molecule has 5 nitrogen and oxygen atoms in total. The Kier molecular flexibility index (Phi) is 5.88. The smallest absolute Gasteiger partial charge is 0.160 e. The maximum Gasteiger partial charge on any atom is 0.160 e. The molecule has 0 amide bonds. The van der Waals surface area contributed by atoms with Crippen molar-refractivity contribution in [2.24, 2.45) is 0 Å². The fraction of sp³-hybridized carbons (Fsp3) is 0.370. The normalized spacial score (nSPS) is 11.8. The Bertz CT molecular complexity index is 1280. The molecule has 0 aliphatic rings. The molecule has 3 heterocycles. The Morgan fingerprint density at radius 2 is 1.84 bits per heavy atom. The second kappa shape index (κ2) is 8.63. The number of fused-ring (bicyclic) bond motifs is 1. The van der Waals surface area contributed by atoms with Gasteiger partial charge in [-0.3, -0.25) is 0 Å². The Hall–Kier alpha value is -3.39. The summed E-state index contributed by atoms with van der Waals surface area (Å²) in [5, 5.41) is 9.62. The number of nitriles is 1. The van der Waals surface area contributed by atoms with Crippen molar-refractivity contribution in [3.63, 3.8) is 0 Å². The minimum absolute atomic E-state index is 0.000704. The number of pyridine rings is 1.